The van der Waals surface area contributed by atoms with Crippen molar-refractivity contribution in [3.8, 4) is 0 Å². The summed E-state index contributed by atoms with van der Waals surface area (Å²) < 4.78 is 28.9. The zero-order chi connectivity index (χ0) is 20.0. The molecule has 28 heavy (non-hydrogen) atoms. The third-order valence-corrected chi connectivity index (χ3v) is 7.51. The zero-order valence-electron chi connectivity index (χ0n) is 16.8. The number of carbonyl (C=O) groups excluding carboxylic acids is 1. The van der Waals surface area contributed by atoms with Crippen LogP contribution in [-0.2, 0) is 21.4 Å². The van der Waals surface area contributed by atoms with Gasteiger partial charge in [-0.1, -0.05) is 12.8 Å². The van der Waals surface area contributed by atoms with Crippen molar-refractivity contribution in [2.75, 3.05) is 39.3 Å². The normalized spacial score (nSPS) is 22.7. The fourth-order valence-electron chi connectivity index (χ4n) is 3.99. The van der Waals surface area contributed by atoms with E-state index in [9.17, 15) is 13.2 Å². The van der Waals surface area contributed by atoms with E-state index in [1.807, 2.05) is 6.92 Å². The molecule has 0 unspecified atom stereocenters. The summed E-state index contributed by atoms with van der Waals surface area (Å²) in [6.45, 7) is 6.99. The van der Waals surface area contributed by atoms with Crippen LogP contribution in [0.5, 0.6) is 0 Å². The fraction of sp³-hybridized carbons (Fsp3) is 0.789. The molecule has 1 N–H and O–H groups in total. The van der Waals surface area contributed by atoms with Crippen LogP contribution < -0.4 is 5.32 Å². The zero-order valence-corrected chi connectivity index (χ0v) is 17.7. The summed E-state index contributed by atoms with van der Waals surface area (Å²) in [6.07, 6.45) is 9.57. The number of amides is 1. The minimum absolute atomic E-state index is 0.0335. The van der Waals surface area contributed by atoms with Crippen molar-refractivity contribution in [3.63, 3.8) is 0 Å². The predicted octanol–water partition coefficient (Wildman–Crippen LogP) is 1.30. The van der Waals surface area contributed by atoms with Crippen molar-refractivity contribution in [3.05, 3.63) is 12.5 Å². The van der Waals surface area contributed by atoms with Crippen LogP contribution in [0.15, 0.2) is 17.6 Å². The number of aromatic nitrogens is 2. The van der Waals surface area contributed by atoms with Crippen molar-refractivity contribution in [1.82, 2.24) is 24.1 Å². The maximum absolute atomic E-state index is 12.8. The average molecular weight is 412 g/mol. The lowest BCUT2D eigenvalue weighted by Crippen LogP contribution is -2.46. The van der Waals surface area contributed by atoms with Crippen LogP contribution in [0.1, 0.15) is 45.4 Å². The molecule has 1 amide bonds. The molecule has 1 aromatic rings. The van der Waals surface area contributed by atoms with E-state index in [0.717, 1.165) is 26.1 Å². The first-order valence-electron chi connectivity index (χ1n) is 10.5. The number of nitrogens with zero attached hydrogens (tertiary/aromatic N) is 4. The molecule has 8 nitrogen and oxygen atoms in total. The highest BCUT2D eigenvalue weighted by Crippen LogP contribution is 2.23. The molecule has 0 radical (unpaired) electrons. The summed E-state index contributed by atoms with van der Waals surface area (Å²) in [5.41, 5.74) is 0. The lowest BCUT2D eigenvalue weighted by atomic mass is 9.99. The molecule has 0 saturated carbocycles. The Morgan fingerprint density at radius 2 is 1.93 bits per heavy atom. The molecule has 1 atom stereocenters. The Hall–Kier alpha value is -1.45. The van der Waals surface area contributed by atoms with Crippen molar-refractivity contribution in [2.24, 2.45) is 5.92 Å². The molecule has 158 valence electrons. The van der Waals surface area contributed by atoms with Crippen LogP contribution in [0.2, 0.25) is 0 Å². The van der Waals surface area contributed by atoms with E-state index in [0.29, 0.717) is 26.1 Å². The molecular weight excluding hydrogens is 378 g/mol. The van der Waals surface area contributed by atoms with E-state index < -0.39 is 10.0 Å². The molecule has 9 heteroatoms. The first-order valence-corrected chi connectivity index (χ1v) is 12.0. The summed E-state index contributed by atoms with van der Waals surface area (Å²) in [5.74, 6) is -0.324. The number of hydrogen-bond acceptors (Lipinski definition) is 5. The van der Waals surface area contributed by atoms with Crippen LogP contribution in [-0.4, -0.2) is 72.3 Å². The Labute approximate surface area is 168 Å². The lowest BCUT2D eigenvalue weighted by Gasteiger charge is -2.30. The maximum atomic E-state index is 12.8. The van der Waals surface area contributed by atoms with Crippen LogP contribution >= 0.6 is 0 Å². The van der Waals surface area contributed by atoms with Crippen molar-refractivity contribution < 1.29 is 13.2 Å². The summed E-state index contributed by atoms with van der Waals surface area (Å²) in [6, 6.07) is 0. The van der Waals surface area contributed by atoms with Gasteiger partial charge in [0.1, 0.15) is 0 Å². The van der Waals surface area contributed by atoms with Crippen LogP contribution in [0.25, 0.3) is 0 Å². The highest BCUT2D eigenvalue weighted by molar-refractivity contribution is 7.89. The van der Waals surface area contributed by atoms with Crippen LogP contribution in [0, 0.1) is 5.92 Å². The number of nitrogens with one attached hydrogen (secondary N) is 1. The molecule has 3 heterocycles. The Morgan fingerprint density at radius 1 is 1.18 bits per heavy atom. The molecule has 0 aromatic carbocycles. The summed E-state index contributed by atoms with van der Waals surface area (Å²) in [7, 11) is -3.65. The van der Waals surface area contributed by atoms with Crippen molar-refractivity contribution in [2.45, 2.75) is 57.0 Å². The van der Waals surface area contributed by atoms with Crippen molar-refractivity contribution in [1.29, 1.82) is 0 Å². The molecule has 0 aliphatic carbocycles. The SMILES string of the molecule is CCn1cnc(S(=O)(=O)N2CCC[C@@H](C(=O)NCCN3CCCCCC3)C2)c1. The summed E-state index contributed by atoms with van der Waals surface area (Å²) in [4.78, 5) is 19.0. The monoisotopic (exact) mass is 411 g/mol. The van der Waals surface area contributed by atoms with Gasteiger partial charge in [-0.15, -0.1) is 0 Å². The molecular formula is C19H33N5O3S. The number of rotatable bonds is 7. The Balaban J connectivity index is 1.51. The standard InChI is InChI=1S/C19H33N5O3S/c1-2-22-15-18(21-16-22)28(26,27)24-12-7-8-17(14-24)19(25)20-9-13-23-10-5-3-4-6-11-23/h15-17H,2-14H2,1H3,(H,20,25)/t17-/m1/s1. The van der Waals surface area contributed by atoms with Gasteiger partial charge in [-0.3, -0.25) is 4.79 Å². The minimum Gasteiger partial charge on any atom is -0.355 e. The van der Waals surface area contributed by atoms with Gasteiger partial charge in [0.2, 0.25) is 5.91 Å². The number of carbonyl (C=O) groups is 1. The first-order chi connectivity index (χ1) is 13.5. The van der Waals surface area contributed by atoms with E-state index in [2.05, 4.69) is 15.2 Å². The molecule has 2 aliphatic heterocycles. The summed E-state index contributed by atoms with van der Waals surface area (Å²) in [5, 5.41) is 3.09. The molecule has 0 spiro atoms. The van der Waals surface area contributed by atoms with E-state index in [1.165, 1.54) is 36.3 Å². The average Bonchev–Trinajstić information content (AvgIpc) is 3.06. The van der Waals surface area contributed by atoms with Crippen molar-refractivity contribution >= 4 is 15.9 Å². The van der Waals surface area contributed by atoms with E-state index in [-0.39, 0.29) is 23.4 Å². The van der Waals surface area contributed by atoms with Gasteiger partial charge in [-0.05, 0) is 45.7 Å². The van der Waals surface area contributed by atoms with E-state index in [1.54, 1.807) is 10.8 Å². The molecule has 1 aromatic heterocycles. The van der Waals surface area contributed by atoms with Crippen LogP contribution in [0.3, 0.4) is 0 Å². The third kappa shape index (κ3) is 5.33. The fourth-order valence-corrected chi connectivity index (χ4v) is 5.45. The van der Waals surface area contributed by atoms with E-state index in [4.69, 9.17) is 0 Å². The maximum Gasteiger partial charge on any atom is 0.262 e. The second-order valence-electron chi connectivity index (χ2n) is 7.79. The number of sulfonamides is 1. The Morgan fingerprint density at radius 3 is 2.61 bits per heavy atom. The van der Waals surface area contributed by atoms with Gasteiger partial charge in [0.25, 0.3) is 10.0 Å². The molecule has 2 saturated heterocycles. The minimum atomic E-state index is -3.65. The highest BCUT2D eigenvalue weighted by atomic mass is 32.2. The van der Waals surface area contributed by atoms with E-state index >= 15 is 0 Å². The quantitative estimate of drug-likeness (QED) is 0.731. The smallest absolute Gasteiger partial charge is 0.262 e. The topological polar surface area (TPSA) is 87.5 Å². The highest BCUT2D eigenvalue weighted by Gasteiger charge is 2.34. The molecule has 3 rings (SSSR count). The molecule has 2 fully saturated rings. The van der Waals surface area contributed by atoms with Gasteiger partial charge in [-0.2, -0.15) is 4.31 Å². The first kappa shape index (κ1) is 21.3. The number of hydrogen-bond donors (Lipinski definition) is 1. The largest absolute Gasteiger partial charge is 0.355 e. The van der Waals surface area contributed by atoms with Gasteiger partial charge < -0.3 is 14.8 Å². The second-order valence-corrected chi connectivity index (χ2v) is 9.68. The second kappa shape index (κ2) is 9.84. The lowest BCUT2D eigenvalue weighted by molar-refractivity contribution is -0.126. The number of likely N-dealkylation sites (tertiary alicyclic amines) is 1. The van der Waals surface area contributed by atoms with Gasteiger partial charge in [0.15, 0.2) is 5.03 Å². The Kier molecular flexibility index (Phi) is 7.48. The number of piperidine rings is 1. The molecule has 2 aliphatic rings. The Bertz CT molecular complexity index is 741. The van der Waals surface area contributed by atoms with Gasteiger partial charge >= 0.3 is 0 Å². The van der Waals surface area contributed by atoms with Gasteiger partial charge in [0, 0.05) is 38.9 Å². The third-order valence-electron chi connectivity index (χ3n) is 5.76. The van der Waals surface area contributed by atoms with Gasteiger partial charge in [0.05, 0.1) is 12.2 Å². The summed E-state index contributed by atoms with van der Waals surface area (Å²) >= 11 is 0. The van der Waals surface area contributed by atoms with Gasteiger partial charge in [-0.25, -0.2) is 13.4 Å². The van der Waals surface area contributed by atoms with Crippen LogP contribution in [0.4, 0.5) is 0 Å². The number of aryl methyl sites for hydroxylation is 1. The predicted molar refractivity (Wildman–Crippen MR) is 107 cm³/mol. The molecule has 0 bridgehead atoms. The number of imidazole rings is 1.